The predicted molar refractivity (Wildman–Crippen MR) is 110 cm³/mol. The van der Waals surface area contributed by atoms with E-state index in [9.17, 15) is 18.0 Å². The summed E-state index contributed by atoms with van der Waals surface area (Å²) in [5.41, 5.74) is 0.791. The average Bonchev–Trinajstić information content (AvgIpc) is 3.26. The van der Waals surface area contributed by atoms with Crippen molar-refractivity contribution in [3.63, 3.8) is 0 Å². The van der Waals surface area contributed by atoms with E-state index in [4.69, 9.17) is 4.74 Å². The number of nitrogens with zero attached hydrogens (tertiary/aromatic N) is 4. The number of esters is 1. The smallest absolute Gasteiger partial charge is 0.342 e. The van der Waals surface area contributed by atoms with E-state index in [1.54, 1.807) is 25.3 Å². The quantitative estimate of drug-likeness (QED) is 0.606. The molecule has 1 unspecified atom stereocenters. The number of amides is 1. The minimum Gasteiger partial charge on any atom is -0.452 e. The highest BCUT2D eigenvalue weighted by molar-refractivity contribution is 7.91. The largest absolute Gasteiger partial charge is 0.452 e. The summed E-state index contributed by atoms with van der Waals surface area (Å²) >= 11 is 0. The average molecular weight is 435 g/mol. The van der Waals surface area contributed by atoms with Crippen LogP contribution < -0.4 is 0 Å². The Hall–Kier alpha value is -2.75. The van der Waals surface area contributed by atoms with E-state index >= 15 is 0 Å². The first-order chi connectivity index (χ1) is 14.2. The topological polar surface area (TPSA) is 111 Å². The van der Waals surface area contributed by atoms with Crippen molar-refractivity contribution in [1.29, 1.82) is 0 Å². The SMILES string of the molecule is Cc1c(C(=O)OCC(=O)N(CC(C)C)C2CCS(=O)(=O)C2)cnn1-c1ccccn1. The van der Waals surface area contributed by atoms with Crippen LogP contribution in [0.5, 0.6) is 0 Å². The summed E-state index contributed by atoms with van der Waals surface area (Å²) in [6.07, 6.45) is 3.41. The molecule has 1 atom stereocenters. The van der Waals surface area contributed by atoms with Crippen LogP contribution in [0.4, 0.5) is 0 Å². The molecule has 0 N–H and O–H groups in total. The Morgan fingerprint density at radius 2 is 2.10 bits per heavy atom. The van der Waals surface area contributed by atoms with Gasteiger partial charge in [-0.3, -0.25) is 4.79 Å². The fourth-order valence-electron chi connectivity index (χ4n) is 3.48. The Morgan fingerprint density at radius 3 is 2.70 bits per heavy atom. The molecule has 0 aromatic carbocycles. The van der Waals surface area contributed by atoms with Crippen LogP contribution in [-0.4, -0.2) is 70.7 Å². The van der Waals surface area contributed by atoms with Crippen molar-refractivity contribution in [1.82, 2.24) is 19.7 Å². The number of sulfone groups is 1. The number of ether oxygens (including phenoxy) is 1. The van der Waals surface area contributed by atoms with Gasteiger partial charge in [0.2, 0.25) is 0 Å². The molecule has 3 heterocycles. The molecule has 2 aromatic heterocycles. The Labute approximate surface area is 176 Å². The van der Waals surface area contributed by atoms with Gasteiger partial charge in [-0.15, -0.1) is 0 Å². The molecule has 1 aliphatic heterocycles. The monoisotopic (exact) mass is 434 g/mol. The molecule has 9 nitrogen and oxygen atoms in total. The molecular weight excluding hydrogens is 408 g/mol. The number of aromatic nitrogens is 3. The Morgan fingerprint density at radius 1 is 1.33 bits per heavy atom. The summed E-state index contributed by atoms with van der Waals surface area (Å²) in [5, 5.41) is 4.18. The third-order valence-electron chi connectivity index (χ3n) is 4.95. The van der Waals surface area contributed by atoms with Gasteiger partial charge in [-0.05, 0) is 31.4 Å². The summed E-state index contributed by atoms with van der Waals surface area (Å²) < 4.78 is 30.4. The van der Waals surface area contributed by atoms with E-state index in [-0.39, 0.29) is 29.0 Å². The first-order valence-electron chi connectivity index (χ1n) is 9.81. The molecule has 1 fully saturated rings. The van der Waals surface area contributed by atoms with Crippen LogP contribution in [0.2, 0.25) is 0 Å². The Balaban J connectivity index is 1.67. The molecular formula is C20H26N4O5S. The lowest BCUT2D eigenvalue weighted by atomic mass is 10.1. The number of carbonyl (C=O) groups excluding carboxylic acids is 2. The highest BCUT2D eigenvalue weighted by Gasteiger charge is 2.35. The fourth-order valence-corrected chi connectivity index (χ4v) is 5.21. The maximum absolute atomic E-state index is 12.7. The van der Waals surface area contributed by atoms with Crippen molar-refractivity contribution in [3.8, 4) is 5.82 Å². The van der Waals surface area contributed by atoms with E-state index in [1.165, 1.54) is 15.8 Å². The highest BCUT2D eigenvalue weighted by atomic mass is 32.2. The number of rotatable bonds is 7. The number of hydrogen-bond donors (Lipinski definition) is 0. The minimum atomic E-state index is -3.13. The van der Waals surface area contributed by atoms with Crippen molar-refractivity contribution >= 4 is 21.7 Å². The van der Waals surface area contributed by atoms with Gasteiger partial charge in [-0.25, -0.2) is 22.9 Å². The van der Waals surface area contributed by atoms with Gasteiger partial charge in [0, 0.05) is 18.8 Å². The zero-order valence-electron chi connectivity index (χ0n) is 17.3. The lowest BCUT2D eigenvalue weighted by molar-refractivity contribution is -0.137. The normalized spacial score (nSPS) is 17.8. The highest BCUT2D eigenvalue weighted by Crippen LogP contribution is 2.20. The van der Waals surface area contributed by atoms with E-state index < -0.39 is 28.3 Å². The van der Waals surface area contributed by atoms with Crippen LogP contribution in [0.15, 0.2) is 30.6 Å². The molecule has 1 saturated heterocycles. The third-order valence-corrected chi connectivity index (χ3v) is 6.70. The number of hydrogen-bond acceptors (Lipinski definition) is 7. The Bertz CT molecular complexity index is 1020. The zero-order valence-corrected chi connectivity index (χ0v) is 18.1. The molecule has 0 bridgehead atoms. The molecule has 30 heavy (non-hydrogen) atoms. The second-order valence-corrected chi connectivity index (χ2v) is 10.0. The lowest BCUT2D eigenvalue weighted by Crippen LogP contribution is -2.45. The first-order valence-corrected chi connectivity index (χ1v) is 11.6. The second kappa shape index (κ2) is 8.95. The van der Waals surface area contributed by atoms with Gasteiger partial charge in [0.15, 0.2) is 22.3 Å². The van der Waals surface area contributed by atoms with Crippen molar-refractivity contribution in [3.05, 3.63) is 41.9 Å². The molecule has 0 spiro atoms. The van der Waals surface area contributed by atoms with Crippen molar-refractivity contribution in [2.45, 2.75) is 33.2 Å². The first kappa shape index (κ1) is 21.9. The zero-order chi connectivity index (χ0) is 21.9. The molecule has 2 aromatic rings. The van der Waals surface area contributed by atoms with Crippen LogP contribution in [0.1, 0.15) is 36.3 Å². The maximum Gasteiger partial charge on any atom is 0.342 e. The minimum absolute atomic E-state index is 0.0463. The predicted octanol–water partition coefficient (Wildman–Crippen LogP) is 1.40. The van der Waals surface area contributed by atoms with Crippen LogP contribution in [0.3, 0.4) is 0 Å². The van der Waals surface area contributed by atoms with Crippen molar-refractivity contribution in [2.75, 3.05) is 24.7 Å². The molecule has 1 aliphatic rings. The van der Waals surface area contributed by atoms with E-state index in [0.29, 0.717) is 24.5 Å². The van der Waals surface area contributed by atoms with Gasteiger partial charge in [0.25, 0.3) is 5.91 Å². The standard InChI is InChI=1S/C20H26N4O5S/c1-14(2)11-23(16-7-9-30(27,28)13-16)19(25)12-29-20(26)17-10-22-24(15(17)3)18-6-4-5-8-21-18/h4-6,8,10,14,16H,7,9,11-13H2,1-3H3. The molecule has 0 saturated carbocycles. The van der Waals surface area contributed by atoms with Gasteiger partial charge >= 0.3 is 5.97 Å². The number of carbonyl (C=O) groups is 2. The van der Waals surface area contributed by atoms with Crippen LogP contribution in [-0.2, 0) is 19.4 Å². The van der Waals surface area contributed by atoms with E-state index in [1.807, 2.05) is 19.9 Å². The van der Waals surface area contributed by atoms with Crippen LogP contribution in [0.25, 0.3) is 5.82 Å². The fraction of sp³-hybridized carbons (Fsp3) is 0.500. The van der Waals surface area contributed by atoms with Crippen LogP contribution >= 0.6 is 0 Å². The summed E-state index contributed by atoms with van der Waals surface area (Å²) in [6, 6.07) is 4.98. The van der Waals surface area contributed by atoms with Crippen molar-refractivity contribution < 1.29 is 22.7 Å². The molecule has 10 heteroatoms. The van der Waals surface area contributed by atoms with E-state index in [0.717, 1.165) is 0 Å². The molecule has 0 radical (unpaired) electrons. The van der Waals surface area contributed by atoms with Crippen LogP contribution in [0, 0.1) is 12.8 Å². The maximum atomic E-state index is 12.7. The lowest BCUT2D eigenvalue weighted by Gasteiger charge is -2.29. The molecule has 1 amide bonds. The van der Waals surface area contributed by atoms with E-state index in [2.05, 4.69) is 10.1 Å². The van der Waals surface area contributed by atoms with Gasteiger partial charge in [0.05, 0.1) is 23.4 Å². The summed E-state index contributed by atoms with van der Waals surface area (Å²) in [6.45, 7) is 5.58. The summed E-state index contributed by atoms with van der Waals surface area (Å²) in [5.74, 6) is -0.302. The molecule has 3 rings (SSSR count). The van der Waals surface area contributed by atoms with Crippen molar-refractivity contribution in [2.24, 2.45) is 5.92 Å². The molecule has 162 valence electrons. The summed E-state index contributed by atoms with van der Waals surface area (Å²) in [7, 11) is -3.13. The molecule has 0 aliphatic carbocycles. The van der Waals surface area contributed by atoms with Gasteiger partial charge < -0.3 is 9.64 Å². The third kappa shape index (κ3) is 5.05. The van der Waals surface area contributed by atoms with Gasteiger partial charge in [-0.2, -0.15) is 5.10 Å². The van der Waals surface area contributed by atoms with Gasteiger partial charge in [0.1, 0.15) is 5.56 Å². The second-order valence-electron chi connectivity index (χ2n) is 7.82. The Kier molecular flexibility index (Phi) is 6.55. The van der Waals surface area contributed by atoms with Gasteiger partial charge in [-0.1, -0.05) is 19.9 Å². The number of pyridine rings is 1. The summed E-state index contributed by atoms with van der Waals surface area (Å²) in [4.78, 5) is 31.0.